The van der Waals surface area contributed by atoms with Crippen molar-refractivity contribution in [2.75, 3.05) is 33.2 Å². The summed E-state index contributed by atoms with van der Waals surface area (Å²) < 4.78 is 0. The van der Waals surface area contributed by atoms with Gasteiger partial charge in [-0.25, -0.2) is 0 Å². The Morgan fingerprint density at radius 2 is 1.75 bits per heavy atom. The van der Waals surface area contributed by atoms with Crippen molar-refractivity contribution in [2.24, 2.45) is 10.4 Å². The minimum atomic E-state index is 0.184. The number of aliphatic imine (C=N–C) groups is 1. The quantitative estimate of drug-likeness (QED) is 0.739. The van der Waals surface area contributed by atoms with Crippen LogP contribution in [0.25, 0.3) is 0 Å². The van der Waals surface area contributed by atoms with Crippen LogP contribution in [0.2, 0.25) is 0 Å². The fourth-order valence-electron chi connectivity index (χ4n) is 3.12. The molecule has 1 saturated heterocycles. The number of benzene rings is 1. The van der Waals surface area contributed by atoms with Crippen LogP contribution in [0.4, 0.5) is 11.4 Å². The molecular weight excluding hydrogens is 246 g/mol. The maximum Gasteiger partial charge on any atom is 0.132 e. The highest BCUT2D eigenvalue weighted by molar-refractivity contribution is 5.97. The molecule has 3 nitrogen and oxygen atoms in total. The topological polar surface area (TPSA) is 21.2 Å². The van der Waals surface area contributed by atoms with Crippen molar-refractivity contribution in [1.29, 1.82) is 0 Å². The van der Waals surface area contributed by atoms with Crippen LogP contribution >= 0.6 is 0 Å². The fraction of sp³-hybridized carbons (Fsp3) is 0.588. The predicted molar refractivity (Wildman–Crippen MR) is 83.7 cm³/mol. The number of hydrogen-bond acceptors (Lipinski definition) is 1. The zero-order valence-electron chi connectivity index (χ0n) is 13.2. The van der Waals surface area contributed by atoms with E-state index in [9.17, 15) is 0 Å². The van der Waals surface area contributed by atoms with E-state index in [0.29, 0.717) is 0 Å². The monoisotopic (exact) mass is 273 g/mol. The summed E-state index contributed by atoms with van der Waals surface area (Å²) in [5.74, 6) is 0. The van der Waals surface area contributed by atoms with Crippen LogP contribution in [-0.2, 0) is 6.42 Å². The van der Waals surface area contributed by atoms with Crippen LogP contribution in [0, 0.1) is 5.41 Å². The molecule has 20 heavy (non-hydrogen) atoms. The molecule has 1 aromatic carbocycles. The lowest BCUT2D eigenvalue weighted by atomic mass is 9.87. The molecule has 0 unspecified atom stereocenters. The minimum Gasteiger partial charge on any atom is -0.328 e. The molecule has 3 heteroatoms. The summed E-state index contributed by atoms with van der Waals surface area (Å²) in [4.78, 5) is 8.13. The van der Waals surface area contributed by atoms with E-state index in [4.69, 9.17) is 4.99 Å². The normalized spacial score (nSPS) is 26.3. The van der Waals surface area contributed by atoms with Gasteiger partial charge in [-0.05, 0) is 11.6 Å². The van der Waals surface area contributed by atoms with Gasteiger partial charge >= 0.3 is 0 Å². The molecule has 0 bridgehead atoms. The van der Waals surface area contributed by atoms with Gasteiger partial charge in [0.1, 0.15) is 31.9 Å². The molecule has 0 radical (unpaired) electrons. The first kappa shape index (κ1) is 13.8. The van der Waals surface area contributed by atoms with Crippen LogP contribution < -0.4 is 9.80 Å². The van der Waals surface area contributed by atoms with Crippen molar-refractivity contribution in [1.82, 2.24) is 0 Å². The summed E-state index contributed by atoms with van der Waals surface area (Å²) in [6, 6.07) is 6.90. The van der Waals surface area contributed by atoms with Crippen LogP contribution in [0.3, 0.4) is 0 Å². The molecule has 1 aromatic rings. The standard InChI is InChI=1S/C17H25N3/c1-17(2,3)16-12-13-11-14(5-6-15(13)18-16)20-9-7-19(4)8-10-20/h5-6,11H,7-10,12H2,1-4H3/p+2. The molecule has 0 aliphatic carbocycles. The third-order valence-corrected chi connectivity index (χ3v) is 4.67. The van der Waals surface area contributed by atoms with Gasteiger partial charge in [-0.15, -0.1) is 0 Å². The molecule has 1 fully saturated rings. The average molecular weight is 273 g/mol. The summed E-state index contributed by atoms with van der Waals surface area (Å²) >= 11 is 0. The van der Waals surface area contributed by atoms with E-state index in [1.54, 1.807) is 9.80 Å². The number of rotatable bonds is 1. The van der Waals surface area contributed by atoms with E-state index < -0.39 is 0 Å². The maximum atomic E-state index is 4.82. The highest BCUT2D eigenvalue weighted by atomic mass is 15.2. The third kappa shape index (κ3) is 2.65. The Bertz CT molecular complexity index is 532. The Hall–Kier alpha value is -1.19. The lowest BCUT2D eigenvalue weighted by Gasteiger charge is -2.27. The Kier molecular flexibility index (Phi) is 3.43. The highest BCUT2D eigenvalue weighted by Gasteiger charge is 2.27. The zero-order valence-corrected chi connectivity index (χ0v) is 13.2. The van der Waals surface area contributed by atoms with Gasteiger partial charge in [-0.3, -0.25) is 9.89 Å². The van der Waals surface area contributed by atoms with Crippen molar-refractivity contribution in [3.8, 4) is 0 Å². The number of piperazine rings is 1. The second kappa shape index (κ2) is 4.97. The third-order valence-electron chi connectivity index (χ3n) is 4.67. The van der Waals surface area contributed by atoms with E-state index in [0.717, 1.165) is 6.42 Å². The van der Waals surface area contributed by atoms with E-state index in [2.05, 4.69) is 46.0 Å². The molecular formula is C17H27N3+2. The summed E-state index contributed by atoms with van der Waals surface area (Å²) in [6.45, 7) is 11.8. The number of quaternary nitrogens is 2. The van der Waals surface area contributed by atoms with Crippen molar-refractivity contribution >= 4 is 17.1 Å². The van der Waals surface area contributed by atoms with Gasteiger partial charge in [0.25, 0.3) is 0 Å². The number of nitrogens with zero attached hydrogens (tertiary/aromatic N) is 1. The zero-order chi connectivity index (χ0) is 14.3. The molecule has 0 atom stereocenters. The molecule has 0 spiro atoms. The molecule has 0 saturated carbocycles. The number of likely N-dealkylation sites (N-methyl/N-ethyl adjacent to an activating group) is 1. The fourth-order valence-corrected chi connectivity index (χ4v) is 3.12. The van der Waals surface area contributed by atoms with Gasteiger partial charge < -0.3 is 4.90 Å². The van der Waals surface area contributed by atoms with Crippen LogP contribution in [-0.4, -0.2) is 38.9 Å². The lowest BCUT2D eigenvalue weighted by Crippen LogP contribution is -3.24. The predicted octanol–water partition coefficient (Wildman–Crippen LogP) is 0.406. The van der Waals surface area contributed by atoms with Gasteiger partial charge in [0.2, 0.25) is 0 Å². The number of nitrogens with one attached hydrogen (secondary N) is 2. The van der Waals surface area contributed by atoms with E-state index in [1.807, 2.05) is 0 Å². The Morgan fingerprint density at radius 1 is 1.05 bits per heavy atom. The van der Waals surface area contributed by atoms with Crippen molar-refractivity contribution in [3.05, 3.63) is 23.8 Å². The molecule has 3 rings (SSSR count). The number of fused-ring (bicyclic) bond motifs is 1. The first-order valence-corrected chi connectivity index (χ1v) is 7.81. The molecule has 0 amide bonds. The SMILES string of the molecule is C[NH+]1CC[NH+](c2ccc3c(c2)CC(C(C)(C)C)=N3)CC1. The second-order valence-electron chi connectivity index (χ2n) is 7.39. The van der Waals surface area contributed by atoms with Gasteiger partial charge in [-0.1, -0.05) is 20.8 Å². The molecule has 2 aliphatic heterocycles. The van der Waals surface area contributed by atoms with Gasteiger partial charge in [-0.2, -0.15) is 0 Å². The minimum absolute atomic E-state index is 0.184. The van der Waals surface area contributed by atoms with Gasteiger partial charge in [0.15, 0.2) is 0 Å². The lowest BCUT2D eigenvalue weighted by molar-refractivity contribution is -0.975. The second-order valence-corrected chi connectivity index (χ2v) is 7.39. The van der Waals surface area contributed by atoms with Crippen LogP contribution in [0.1, 0.15) is 26.3 Å². The molecule has 2 heterocycles. The summed E-state index contributed by atoms with van der Waals surface area (Å²) in [6.07, 6.45) is 1.03. The molecule has 108 valence electrons. The first-order valence-electron chi connectivity index (χ1n) is 7.81. The van der Waals surface area contributed by atoms with Crippen LogP contribution in [0.15, 0.2) is 23.2 Å². The average Bonchev–Trinajstić information content (AvgIpc) is 2.82. The summed E-state index contributed by atoms with van der Waals surface area (Å²) in [5, 5.41) is 0. The van der Waals surface area contributed by atoms with Crippen molar-refractivity contribution in [2.45, 2.75) is 27.2 Å². The molecule has 0 aromatic heterocycles. The van der Waals surface area contributed by atoms with E-state index >= 15 is 0 Å². The number of hydrogen-bond donors (Lipinski definition) is 2. The molecule has 2 aliphatic rings. The largest absolute Gasteiger partial charge is 0.328 e. The Morgan fingerprint density at radius 3 is 2.40 bits per heavy atom. The van der Waals surface area contributed by atoms with Crippen LogP contribution in [0.5, 0.6) is 0 Å². The highest BCUT2D eigenvalue weighted by Crippen LogP contribution is 2.33. The molecule has 2 N–H and O–H groups in total. The van der Waals surface area contributed by atoms with Crippen molar-refractivity contribution in [3.63, 3.8) is 0 Å². The first-order chi connectivity index (χ1) is 9.43. The summed E-state index contributed by atoms with van der Waals surface area (Å²) in [5.41, 5.74) is 5.58. The maximum absolute atomic E-state index is 4.82. The Balaban J connectivity index is 1.78. The van der Waals surface area contributed by atoms with Crippen molar-refractivity contribution < 1.29 is 9.80 Å². The smallest absolute Gasteiger partial charge is 0.132 e. The van der Waals surface area contributed by atoms with Gasteiger partial charge in [0.05, 0.1) is 12.7 Å². The Labute approximate surface area is 122 Å². The van der Waals surface area contributed by atoms with E-state index in [-0.39, 0.29) is 5.41 Å². The summed E-state index contributed by atoms with van der Waals surface area (Å²) in [7, 11) is 2.29. The van der Waals surface area contributed by atoms with E-state index in [1.165, 1.54) is 48.8 Å². The van der Waals surface area contributed by atoms with Gasteiger partial charge in [0, 0.05) is 29.7 Å².